The number of amides is 2. The van der Waals surface area contributed by atoms with Crippen molar-refractivity contribution < 1.29 is 25.2 Å². The minimum Gasteiger partial charge on any atom is -0.467 e. The minimum absolute atomic E-state index is 0.103. The van der Waals surface area contributed by atoms with E-state index in [1.54, 1.807) is 13.8 Å². The Bertz CT molecular complexity index is 695. The zero-order valence-electron chi connectivity index (χ0n) is 17.1. The number of carbonyl (C=O) groups is 3. The largest absolute Gasteiger partial charge is 0.467 e. The van der Waals surface area contributed by atoms with Crippen molar-refractivity contribution in [2.24, 2.45) is 0 Å². The summed E-state index contributed by atoms with van der Waals surface area (Å²) in [7, 11) is 1.29. The summed E-state index contributed by atoms with van der Waals surface area (Å²) in [6, 6.07) is 7.77. The fourth-order valence-corrected chi connectivity index (χ4v) is 3.08. The summed E-state index contributed by atoms with van der Waals surface area (Å²) >= 11 is 0. The van der Waals surface area contributed by atoms with Crippen LogP contribution in [0.1, 0.15) is 40.5 Å². The fourth-order valence-electron chi connectivity index (χ4n) is 3.08. The second-order valence-corrected chi connectivity index (χ2v) is 7.25. The monoisotopic (exact) mass is 377 g/mol. The number of hydrogen-bond donors (Lipinski definition) is 1. The lowest BCUT2D eigenvalue weighted by atomic mass is 10.0. The van der Waals surface area contributed by atoms with Crippen LogP contribution >= 0.6 is 0 Å². The fraction of sp³-hybridized carbons (Fsp3) is 0.550. The molecule has 2 rings (SSSR count). The van der Waals surface area contributed by atoms with Crippen molar-refractivity contribution in [2.75, 3.05) is 13.7 Å². The van der Waals surface area contributed by atoms with Gasteiger partial charge in [0.05, 0.1) is 7.11 Å². The number of hydrogen-bond acceptors (Lipinski definition) is 5. The van der Waals surface area contributed by atoms with E-state index in [-0.39, 0.29) is 19.2 Å². The Kier molecular flexibility index (Phi) is 6.32. The Balaban J connectivity index is 2.18. The topological polar surface area (TPSA) is 84.9 Å². The molecule has 1 aliphatic rings. The molecule has 148 valence electrons. The van der Waals surface area contributed by atoms with Gasteiger partial charge in [0.25, 0.3) is 0 Å². The molecule has 1 heterocycles. The first-order valence-electron chi connectivity index (χ1n) is 9.69. The number of nitrogens with zero attached hydrogens (tertiary/aromatic N) is 1. The number of ether oxygens (including phenoxy) is 2. The number of likely N-dealkylation sites (tertiary alicyclic amines) is 1. The van der Waals surface area contributed by atoms with E-state index in [4.69, 9.17) is 10.8 Å². The van der Waals surface area contributed by atoms with Crippen molar-refractivity contribution in [2.45, 2.75) is 57.7 Å². The van der Waals surface area contributed by atoms with E-state index in [1.165, 1.54) is 12.0 Å². The van der Waals surface area contributed by atoms with Crippen LogP contribution in [0.25, 0.3) is 0 Å². The summed E-state index contributed by atoms with van der Waals surface area (Å²) in [5.41, 5.74) is -0.0955. The summed E-state index contributed by atoms with van der Waals surface area (Å²) in [5, 5.41) is 2.62. The van der Waals surface area contributed by atoms with Crippen LogP contribution < -0.4 is 5.32 Å². The third-order valence-corrected chi connectivity index (χ3v) is 4.25. The maximum absolute atomic E-state index is 13.2. The SMILES string of the molecule is [2H]CC(C)(C)OC(=O)N[C@@H](Cc1ccccc1)C(=O)N1CCC[C@H]1C(=O)OC. The Morgan fingerprint density at radius 1 is 1.33 bits per heavy atom. The van der Waals surface area contributed by atoms with Crippen molar-refractivity contribution in [3.8, 4) is 0 Å². The lowest BCUT2D eigenvalue weighted by Crippen LogP contribution is -2.53. The van der Waals surface area contributed by atoms with Gasteiger partial charge in [0.15, 0.2) is 0 Å². The molecule has 0 aliphatic carbocycles. The number of rotatable bonds is 5. The van der Waals surface area contributed by atoms with Crippen molar-refractivity contribution in [1.82, 2.24) is 10.2 Å². The number of methoxy groups -OCH3 is 1. The number of esters is 1. The molecule has 2 amide bonds. The highest BCUT2D eigenvalue weighted by molar-refractivity contribution is 5.90. The summed E-state index contributed by atoms with van der Waals surface area (Å²) in [6.45, 7) is 3.58. The first kappa shape index (κ1) is 19.2. The van der Waals surface area contributed by atoms with Gasteiger partial charge < -0.3 is 19.7 Å². The standard InChI is InChI=1S/C20H28N2O5/c1-20(2,3)27-19(25)21-15(13-14-9-6-5-7-10-14)17(23)22-12-8-11-16(22)18(24)26-4/h5-7,9-10,15-16H,8,11-13H2,1-4H3,(H,21,25)/t15-,16-/m0/s1/i1D. The smallest absolute Gasteiger partial charge is 0.408 e. The molecule has 2 atom stereocenters. The van der Waals surface area contributed by atoms with Crippen LogP contribution in [0.4, 0.5) is 4.79 Å². The molecule has 27 heavy (non-hydrogen) atoms. The number of alkyl carbamates (subject to hydrolysis) is 1. The minimum atomic E-state index is -0.966. The van der Waals surface area contributed by atoms with Gasteiger partial charge in [-0.25, -0.2) is 9.59 Å². The lowest BCUT2D eigenvalue weighted by molar-refractivity contribution is -0.151. The Morgan fingerprint density at radius 3 is 2.67 bits per heavy atom. The summed E-state index contributed by atoms with van der Waals surface area (Å²) in [4.78, 5) is 39.0. The Hall–Kier alpha value is -2.57. The second-order valence-electron chi connectivity index (χ2n) is 7.25. The van der Waals surface area contributed by atoms with Gasteiger partial charge in [0, 0.05) is 14.3 Å². The molecule has 1 aliphatic heterocycles. The van der Waals surface area contributed by atoms with Gasteiger partial charge in [-0.3, -0.25) is 4.79 Å². The highest BCUT2D eigenvalue weighted by atomic mass is 16.6. The molecule has 1 saturated heterocycles. The van der Waals surface area contributed by atoms with E-state index in [1.807, 2.05) is 30.3 Å². The van der Waals surface area contributed by atoms with Gasteiger partial charge in [0.1, 0.15) is 17.7 Å². The van der Waals surface area contributed by atoms with E-state index >= 15 is 0 Å². The summed E-state index contributed by atoms with van der Waals surface area (Å²) in [6.07, 6.45) is 0.730. The van der Waals surface area contributed by atoms with Crippen LogP contribution in [0.15, 0.2) is 30.3 Å². The molecular weight excluding hydrogens is 348 g/mol. The molecule has 0 unspecified atom stereocenters. The van der Waals surface area contributed by atoms with Gasteiger partial charge in [0.2, 0.25) is 5.91 Å². The van der Waals surface area contributed by atoms with E-state index in [9.17, 15) is 14.4 Å². The third kappa shape index (κ3) is 5.98. The molecular formula is C20H28N2O5. The van der Waals surface area contributed by atoms with E-state index in [0.717, 1.165) is 5.56 Å². The number of benzene rings is 1. The zero-order valence-corrected chi connectivity index (χ0v) is 16.1. The average Bonchev–Trinajstić information content (AvgIpc) is 3.16. The molecule has 0 spiro atoms. The average molecular weight is 377 g/mol. The van der Waals surface area contributed by atoms with Crippen molar-refractivity contribution >= 4 is 18.0 Å². The highest BCUT2D eigenvalue weighted by Gasteiger charge is 2.38. The molecule has 0 radical (unpaired) electrons. The second kappa shape index (κ2) is 8.88. The van der Waals surface area contributed by atoms with Crippen molar-refractivity contribution in [3.63, 3.8) is 0 Å². The normalized spacial score (nSPS) is 18.4. The van der Waals surface area contributed by atoms with Gasteiger partial charge >= 0.3 is 12.1 Å². The van der Waals surface area contributed by atoms with Crippen molar-refractivity contribution in [1.29, 1.82) is 0 Å². The molecule has 0 aromatic heterocycles. The molecule has 0 saturated carbocycles. The van der Waals surface area contributed by atoms with Gasteiger partial charge in [-0.05, 0) is 39.2 Å². The van der Waals surface area contributed by atoms with Crippen LogP contribution in [0.3, 0.4) is 0 Å². The van der Waals surface area contributed by atoms with E-state index in [0.29, 0.717) is 19.4 Å². The number of carbonyl (C=O) groups excluding carboxylic acids is 3. The Labute approximate surface area is 161 Å². The van der Waals surface area contributed by atoms with Crippen LogP contribution in [-0.4, -0.2) is 54.2 Å². The molecule has 7 nitrogen and oxygen atoms in total. The molecule has 7 heteroatoms. The van der Waals surface area contributed by atoms with Crippen molar-refractivity contribution in [3.05, 3.63) is 35.9 Å². The first-order valence-corrected chi connectivity index (χ1v) is 8.98. The van der Waals surface area contributed by atoms with Crippen LogP contribution in [0, 0.1) is 0 Å². The van der Waals surface area contributed by atoms with Crippen LogP contribution in [-0.2, 0) is 25.5 Å². The van der Waals surface area contributed by atoms with Gasteiger partial charge in [-0.1, -0.05) is 30.3 Å². The van der Waals surface area contributed by atoms with Gasteiger partial charge in [-0.2, -0.15) is 0 Å². The third-order valence-electron chi connectivity index (χ3n) is 4.25. The Morgan fingerprint density at radius 2 is 2.04 bits per heavy atom. The van der Waals surface area contributed by atoms with E-state index < -0.39 is 29.7 Å². The van der Waals surface area contributed by atoms with Crippen LogP contribution in [0.5, 0.6) is 0 Å². The molecule has 0 bridgehead atoms. The zero-order chi connectivity index (χ0) is 20.7. The predicted molar refractivity (Wildman–Crippen MR) is 100 cm³/mol. The number of nitrogens with one attached hydrogen (secondary N) is 1. The first-order chi connectivity index (χ1) is 13.3. The van der Waals surface area contributed by atoms with Crippen LogP contribution in [0.2, 0.25) is 0 Å². The summed E-state index contributed by atoms with van der Waals surface area (Å²) < 4.78 is 17.5. The molecule has 1 fully saturated rings. The lowest BCUT2D eigenvalue weighted by Gasteiger charge is -2.29. The predicted octanol–water partition coefficient (Wildman–Crippen LogP) is 2.29. The van der Waals surface area contributed by atoms with E-state index in [2.05, 4.69) is 5.32 Å². The maximum Gasteiger partial charge on any atom is 0.408 e. The quantitative estimate of drug-likeness (QED) is 0.796. The van der Waals surface area contributed by atoms with Gasteiger partial charge in [-0.15, -0.1) is 0 Å². The summed E-state index contributed by atoms with van der Waals surface area (Å²) in [5.74, 6) is -0.806. The molecule has 1 aromatic rings. The highest BCUT2D eigenvalue weighted by Crippen LogP contribution is 2.20. The molecule has 1 aromatic carbocycles. The maximum atomic E-state index is 13.2. The molecule has 1 N–H and O–H groups in total.